The lowest BCUT2D eigenvalue weighted by molar-refractivity contribution is -0.116. The fourth-order valence-electron chi connectivity index (χ4n) is 4.54. The van der Waals surface area contributed by atoms with E-state index in [-0.39, 0.29) is 11.8 Å². The number of anilines is 1. The summed E-state index contributed by atoms with van der Waals surface area (Å²) in [4.78, 5) is 13.0. The van der Waals surface area contributed by atoms with Crippen LogP contribution in [0.3, 0.4) is 0 Å². The first-order chi connectivity index (χ1) is 13.3. The highest BCUT2D eigenvalue weighted by atomic mass is 16.5. The van der Waals surface area contributed by atoms with Crippen LogP contribution < -0.4 is 10.1 Å². The molecule has 0 radical (unpaired) electrons. The third-order valence-electron chi connectivity index (χ3n) is 5.73. The summed E-state index contributed by atoms with van der Waals surface area (Å²) in [6.45, 7) is 0. The summed E-state index contributed by atoms with van der Waals surface area (Å²) in [5, 5.41) is 6.07. The fraction of sp³-hybridized carbons (Fsp3) is 0.208. The van der Waals surface area contributed by atoms with Gasteiger partial charge in [0.2, 0.25) is 0 Å². The highest BCUT2D eigenvalue weighted by molar-refractivity contribution is 6.12. The smallest absolute Gasteiger partial charge is 0.161 e. The van der Waals surface area contributed by atoms with Crippen LogP contribution in [0.4, 0.5) is 5.69 Å². The van der Waals surface area contributed by atoms with E-state index in [1.807, 2.05) is 18.2 Å². The molecule has 0 aromatic heterocycles. The molecule has 27 heavy (non-hydrogen) atoms. The van der Waals surface area contributed by atoms with Gasteiger partial charge in [-0.2, -0.15) is 0 Å². The molecule has 0 amide bonds. The van der Waals surface area contributed by atoms with Crippen molar-refractivity contribution in [2.75, 3.05) is 12.4 Å². The van der Waals surface area contributed by atoms with E-state index in [1.54, 1.807) is 7.11 Å². The van der Waals surface area contributed by atoms with Gasteiger partial charge in [-0.15, -0.1) is 0 Å². The predicted molar refractivity (Wildman–Crippen MR) is 109 cm³/mol. The van der Waals surface area contributed by atoms with Gasteiger partial charge in [0.25, 0.3) is 0 Å². The number of rotatable bonds is 2. The van der Waals surface area contributed by atoms with Crippen LogP contribution >= 0.6 is 0 Å². The Bertz CT molecular complexity index is 1100. The molecule has 1 N–H and O–H groups in total. The molecule has 3 heteroatoms. The lowest BCUT2D eigenvalue weighted by Crippen LogP contribution is -2.27. The van der Waals surface area contributed by atoms with E-state index in [0.717, 1.165) is 35.4 Å². The monoisotopic (exact) mass is 355 g/mol. The molecular formula is C24H21NO2. The van der Waals surface area contributed by atoms with Crippen molar-refractivity contribution >= 4 is 27.8 Å². The van der Waals surface area contributed by atoms with Gasteiger partial charge in [-0.25, -0.2) is 0 Å². The third-order valence-corrected chi connectivity index (χ3v) is 5.73. The fourth-order valence-corrected chi connectivity index (χ4v) is 4.54. The van der Waals surface area contributed by atoms with Gasteiger partial charge >= 0.3 is 0 Å². The molecule has 3 aromatic carbocycles. The molecule has 0 saturated carbocycles. The minimum absolute atomic E-state index is 0.169. The minimum Gasteiger partial charge on any atom is -0.496 e. The van der Waals surface area contributed by atoms with Gasteiger partial charge in [0.1, 0.15) is 5.75 Å². The maximum Gasteiger partial charge on any atom is 0.161 e. The van der Waals surface area contributed by atoms with Crippen molar-refractivity contribution in [3.8, 4) is 5.75 Å². The molecule has 134 valence electrons. The maximum absolute atomic E-state index is 13.0. The summed E-state index contributed by atoms with van der Waals surface area (Å²) in [7, 11) is 1.68. The Kier molecular flexibility index (Phi) is 3.75. The first-order valence-electron chi connectivity index (χ1n) is 9.46. The summed E-state index contributed by atoms with van der Waals surface area (Å²) in [6.07, 6.45) is 2.47. The number of benzene rings is 3. The zero-order chi connectivity index (χ0) is 18.4. The average molecular weight is 355 g/mol. The Morgan fingerprint density at radius 3 is 2.67 bits per heavy atom. The number of carbonyl (C=O) groups is 1. The van der Waals surface area contributed by atoms with E-state index in [4.69, 9.17) is 4.74 Å². The number of fused-ring (bicyclic) bond motifs is 4. The van der Waals surface area contributed by atoms with Crippen LogP contribution in [-0.2, 0) is 4.79 Å². The second-order valence-electron chi connectivity index (χ2n) is 7.20. The van der Waals surface area contributed by atoms with Gasteiger partial charge in [0.05, 0.1) is 13.2 Å². The standard InChI is InChI=1S/C24H21NO2/c1-27-21-12-5-4-9-17(21)24-23-18(10-6-11-20(23)26)22-16-8-3-2-7-15(16)13-14-19(22)25-24/h2-5,7-9,12-14,24-25H,6,10-11H2,1H3/t24-/m0/s1. The zero-order valence-electron chi connectivity index (χ0n) is 15.3. The van der Waals surface area contributed by atoms with Gasteiger partial charge in [-0.05, 0) is 41.3 Å². The van der Waals surface area contributed by atoms with Gasteiger partial charge in [-0.1, -0.05) is 48.5 Å². The highest BCUT2D eigenvalue weighted by Gasteiger charge is 2.35. The van der Waals surface area contributed by atoms with Crippen LogP contribution in [0.5, 0.6) is 5.75 Å². The van der Waals surface area contributed by atoms with E-state index in [1.165, 1.54) is 21.9 Å². The number of allylic oxidation sites excluding steroid dienone is 1. The molecule has 0 spiro atoms. The molecule has 2 aliphatic rings. The summed E-state index contributed by atoms with van der Waals surface area (Å²) in [5.41, 5.74) is 5.42. The quantitative estimate of drug-likeness (QED) is 0.657. The molecule has 1 heterocycles. The Morgan fingerprint density at radius 2 is 1.78 bits per heavy atom. The third kappa shape index (κ3) is 2.46. The number of nitrogens with one attached hydrogen (secondary N) is 1. The van der Waals surface area contributed by atoms with Crippen LogP contribution in [0.1, 0.15) is 36.4 Å². The van der Waals surface area contributed by atoms with E-state index < -0.39 is 0 Å². The van der Waals surface area contributed by atoms with Crippen molar-refractivity contribution in [2.45, 2.75) is 25.3 Å². The lowest BCUT2D eigenvalue weighted by Gasteiger charge is -2.35. The maximum atomic E-state index is 13.0. The van der Waals surface area contributed by atoms with E-state index in [9.17, 15) is 4.79 Å². The second kappa shape index (κ2) is 6.27. The van der Waals surface area contributed by atoms with Gasteiger partial charge < -0.3 is 10.1 Å². The Balaban J connectivity index is 1.80. The van der Waals surface area contributed by atoms with E-state index in [0.29, 0.717) is 6.42 Å². The van der Waals surface area contributed by atoms with Crippen LogP contribution in [0.15, 0.2) is 66.2 Å². The molecule has 0 saturated heterocycles. The normalized spacial score (nSPS) is 18.7. The average Bonchev–Trinajstić information content (AvgIpc) is 2.73. The van der Waals surface area contributed by atoms with Gasteiger partial charge in [-0.3, -0.25) is 4.79 Å². The van der Waals surface area contributed by atoms with Crippen LogP contribution in [0.2, 0.25) is 0 Å². The molecule has 3 nitrogen and oxygen atoms in total. The summed E-state index contributed by atoms with van der Waals surface area (Å²) >= 11 is 0. The molecule has 3 aromatic rings. The lowest BCUT2D eigenvalue weighted by atomic mass is 9.76. The molecule has 0 fully saturated rings. The Hall–Kier alpha value is -3.07. The molecular weight excluding hydrogens is 334 g/mol. The number of ketones is 1. The van der Waals surface area contributed by atoms with Crippen LogP contribution in [0.25, 0.3) is 16.3 Å². The van der Waals surface area contributed by atoms with Crippen molar-refractivity contribution in [3.63, 3.8) is 0 Å². The molecule has 0 bridgehead atoms. The zero-order valence-corrected chi connectivity index (χ0v) is 15.3. The van der Waals surface area contributed by atoms with Crippen molar-refractivity contribution in [1.82, 2.24) is 0 Å². The first kappa shape index (κ1) is 16.1. The van der Waals surface area contributed by atoms with E-state index >= 15 is 0 Å². The van der Waals surface area contributed by atoms with E-state index in [2.05, 4.69) is 47.8 Å². The molecule has 1 aliphatic carbocycles. The number of ether oxygens (including phenoxy) is 1. The van der Waals surface area contributed by atoms with Crippen molar-refractivity contribution in [1.29, 1.82) is 0 Å². The number of Topliss-reactive ketones (excluding diaryl/α,β-unsaturated/α-hetero) is 1. The van der Waals surface area contributed by atoms with Crippen molar-refractivity contribution < 1.29 is 9.53 Å². The topological polar surface area (TPSA) is 38.3 Å². The van der Waals surface area contributed by atoms with Crippen LogP contribution in [-0.4, -0.2) is 12.9 Å². The summed E-state index contributed by atoms with van der Waals surface area (Å²) in [6, 6.07) is 20.5. The van der Waals surface area contributed by atoms with Gasteiger partial charge in [0, 0.05) is 28.8 Å². The number of hydrogen-bond acceptors (Lipinski definition) is 3. The Morgan fingerprint density at radius 1 is 0.963 bits per heavy atom. The Labute approximate surface area is 158 Å². The van der Waals surface area contributed by atoms with Gasteiger partial charge in [0.15, 0.2) is 5.78 Å². The van der Waals surface area contributed by atoms with Crippen LogP contribution in [0, 0.1) is 0 Å². The number of para-hydroxylation sites is 1. The first-order valence-corrected chi connectivity index (χ1v) is 9.46. The largest absolute Gasteiger partial charge is 0.496 e. The summed E-state index contributed by atoms with van der Waals surface area (Å²) in [5.74, 6) is 1.06. The molecule has 5 rings (SSSR count). The number of hydrogen-bond donors (Lipinski definition) is 1. The molecule has 1 aliphatic heterocycles. The minimum atomic E-state index is -0.169. The van der Waals surface area contributed by atoms with Crippen molar-refractivity contribution in [2.24, 2.45) is 0 Å². The molecule has 0 unspecified atom stereocenters. The van der Waals surface area contributed by atoms with Crippen molar-refractivity contribution in [3.05, 3.63) is 77.4 Å². The molecule has 1 atom stereocenters. The number of methoxy groups -OCH3 is 1. The highest BCUT2D eigenvalue weighted by Crippen LogP contribution is 2.49. The second-order valence-corrected chi connectivity index (χ2v) is 7.20. The predicted octanol–water partition coefficient (Wildman–Crippen LogP) is 5.52. The SMILES string of the molecule is COc1ccccc1[C@@H]1Nc2ccc3ccccc3c2C2=C1C(=O)CCC2. The number of carbonyl (C=O) groups excluding carboxylic acids is 1. The summed E-state index contributed by atoms with van der Waals surface area (Å²) < 4.78 is 5.60.